The lowest BCUT2D eigenvalue weighted by Crippen LogP contribution is -2.44. The molecule has 1 fully saturated rings. The van der Waals surface area contributed by atoms with Gasteiger partial charge in [0, 0.05) is 16.6 Å². The fourth-order valence-electron chi connectivity index (χ4n) is 2.65. The summed E-state index contributed by atoms with van der Waals surface area (Å²) in [7, 11) is 0. The standard InChI is InChI=1S/C15H18BrNO3/c16-12-6-4-11(5-7-12)13(18)17-10-15(14(19)20)8-2-1-3-9-15/h4-7H,1-3,8-10H2,(H,17,18)(H,19,20). The predicted molar refractivity (Wildman–Crippen MR) is 79.6 cm³/mol. The lowest BCUT2D eigenvalue weighted by Gasteiger charge is -2.33. The summed E-state index contributed by atoms with van der Waals surface area (Å²) < 4.78 is 0.906. The van der Waals surface area contributed by atoms with Crippen LogP contribution in [-0.4, -0.2) is 23.5 Å². The largest absolute Gasteiger partial charge is 0.481 e. The molecule has 1 aromatic carbocycles. The van der Waals surface area contributed by atoms with E-state index in [2.05, 4.69) is 21.2 Å². The molecule has 0 aromatic heterocycles. The van der Waals surface area contributed by atoms with Crippen LogP contribution in [0.3, 0.4) is 0 Å². The van der Waals surface area contributed by atoms with Gasteiger partial charge in [-0.15, -0.1) is 0 Å². The molecule has 0 saturated heterocycles. The molecule has 5 heteroatoms. The van der Waals surface area contributed by atoms with Gasteiger partial charge in [0.05, 0.1) is 5.41 Å². The minimum atomic E-state index is -0.798. The van der Waals surface area contributed by atoms with Gasteiger partial charge in [-0.25, -0.2) is 0 Å². The minimum absolute atomic E-state index is 0.206. The van der Waals surface area contributed by atoms with Crippen LogP contribution in [-0.2, 0) is 4.79 Å². The normalized spacial score (nSPS) is 17.4. The number of carbonyl (C=O) groups is 2. The molecule has 108 valence electrons. The van der Waals surface area contributed by atoms with E-state index in [0.29, 0.717) is 18.4 Å². The van der Waals surface area contributed by atoms with Gasteiger partial charge < -0.3 is 10.4 Å². The lowest BCUT2D eigenvalue weighted by molar-refractivity contribution is -0.150. The molecule has 1 aliphatic carbocycles. The molecule has 1 amide bonds. The van der Waals surface area contributed by atoms with Crippen molar-refractivity contribution in [2.45, 2.75) is 32.1 Å². The van der Waals surface area contributed by atoms with E-state index in [-0.39, 0.29) is 12.5 Å². The third kappa shape index (κ3) is 3.39. The van der Waals surface area contributed by atoms with Crippen molar-refractivity contribution in [3.05, 3.63) is 34.3 Å². The number of halogens is 1. The molecule has 0 atom stereocenters. The zero-order chi connectivity index (χ0) is 14.6. The van der Waals surface area contributed by atoms with Crippen molar-refractivity contribution in [2.24, 2.45) is 5.41 Å². The molecule has 1 aromatic rings. The number of carboxylic acids is 1. The van der Waals surface area contributed by atoms with Crippen LogP contribution >= 0.6 is 15.9 Å². The lowest BCUT2D eigenvalue weighted by atomic mass is 9.74. The Morgan fingerprint density at radius 3 is 2.30 bits per heavy atom. The SMILES string of the molecule is O=C(NCC1(C(=O)O)CCCCC1)c1ccc(Br)cc1. The van der Waals surface area contributed by atoms with Crippen LogP contribution in [0, 0.1) is 5.41 Å². The van der Waals surface area contributed by atoms with Gasteiger partial charge in [-0.05, 0) is 37.1 Å². The topological polar surface area (TPSA) is 66.4 Å². The van der Waals surface area contributed by atoms with Gasteiger partial charge in [0.15, 0.2) is 0 Å². The summed E-state index contributed by atoms with van der Waals surface area (Å²) in [5, 5.41) is 12.2. The monoisotopic (exact) mass is 339 g/mol. The first kappa shape index (κ1) is 15.0. The molecule has 0 radical (unpaired) electrons. The van der Waals surface area contributed by atoms with Crippen molar-refractivity contribution in [1.82, 2.24) is 5.32 Å². The third-order valence-electron chi connectivity index (χ3n) is 3.96. The van der Waals surface area contributed by atoms with Crippen LogP contribution in [0.4, 0.5) is 0 Å². The maximum Gasteiger partial charge on any atom is 0.311 e. The number of benzene rings is 1. The quantitative estimate of drug-likeness (QED) is 0.884. The Morgan fingerprint density at radius 1 is 1.15 bits per heavy atom. The van der Waals surface area contributed by atoms with Gasteiger partial charge in [0.2, 0.25) is 0 Å². The molecular formula is C15H18BrNO3. The molecular weight excluding hydrogens is 322 g/mol. The average Bonchev–Trinajstić information content (AvgIpc) is 2.46. The molecule has 1 aliphatic rings. The van der Waals surface area contributed by atoms with E-state index in [1.54, 1.807) is 24.3 Å². The zero-order valence-corrected chi connectivity index (χ0v) is 12.8. The van der Waals surface area contributed by atoms with E-state index < -0.39 is 11.4 Å². The maximum absolute atomic E-state index is 12.0. The Morgan fingerprint density at radius 2 is 1.75 bits per heavy atom. The number of hydrogen-bond acceptors (Lipinski definition) is 2. The Kier molecular flexibility index (Phi) is 4.81. The number of rotatable bonds is 4. The van der Waals surface area contributed by atoms with E-state index >= 15 is 0 Å². The summed E-state index contributed by atoms with van der Waals surface area (Å²) in [6.07, 6.45) is 4.20. The highest BCUT2D eigenvalue weighted by atomic mass is 79.9. The summed E-state index contributed by atoms with van der Waals surface area (Å²) >= 11 is 3.31. The van der Waals surface area contributed by atoms with E-state index in [1.165, 1.54) is 0 Å². The molecule has 0 bridgehead atoms. The molecule has 2 rings (SSSR count). The summed E-state index contributed by atoms with van der Waals surface area (Å²) in [5.41, 5.74) is -0.243. The predicted octanol–water partition coefficient (Wildman–Crippen LogP) is 3.21. The highest BCUT2D eigenvalue weighted by Gasteiger charge is 2.39. The van der Waals surface area contributed by atoms with Gasteiger partial charge in [0.1, 0.15) is 0 Å². The van der Waals surface area contributed by atoms with Gasteiger partial charge in [-0.1, -0.05) is 35.2 Å². The molecule has 0 heterocycles. The number of amides is 1. The van der Waals surface area contributed by atoms with Gasteiger partial charge >= 0.3 is 5.97 Å². The fourth-order valence-corrected chi connectivity index (χ4v) is 2.91. The first-order chi connectivity index (χ1) is 9.53. The van der Waals surface area contributed by atoms with Crippen molar-refractivity contribution in [1.29, 1.82) is 0 Å². The van der Waals surface area contributed by atoms with E-state index in [9.17, 15) is 14.7 Å². The summed E-state index contributed by atoms with van der Waals surface area (Å²) in [4.78, 5) is 23.6. The number of nitrogens with one attached hydrogen (secondary N) is 1. The highest BCUT2D eigenvalue weighted by Crippen LogP contribution is 2.36. The van der Waals surface area contributed by atoms with Crippen LogP contribution in [0.2, 0.25) is 0 Å². The molecule has 0 aliphatic heterocycles. The fraction of sp³-hybridized carbons (Fsp3) is 0.467. The number of carbonyl (C=O) groups excluding carboxylic acids is 1. The molecule has 0 unspecified atom stereocenters. The van der Waals surface area contributed by atoms with Crippen molar-refractivity contribution >= 4 is 27.8 Å². The Hall–Kier alpha value is -1.36. The van der Waals surface area contributed by atoms with Crippen LogP contribution in [0.15, 0.2) is 28.7 Å². The van der Waals surface area contributed by atoms with E-state index in [0.717, 1.165) is 23.7 Å². The molecule has 2 N–H and O–H groups in total. The maximum atomic E-state index is 12.0. The molecule has 4 nitrogen and oxygen atoms in total. The first-order valence-electron chi connectivity index (χ1n) is 6.81. The Balaban J connectivity index is 2.00. The van der Waals surface area contributed by atoms with Gasteiger partial charge in [-0.3, -0.25) is 9.59 Å². The third-order valence-corrected chi connectivity index (χ3v) is 4.49. The van der Waals surface area contributed by atoms with Gasteiger partial charge in [0.25, 0.3) is 5.91 Å². The molecule has 20 heavy (non-hydrogen) atoms. The second kappa shape index (κ2) is 6.39. The smallest absolute Gasteiger partial charge is 0.311 e. The first-order valence-corrected chi connectivity index (χ1v) is 7.60. The summed E-state index contributed by atoms with van der Waals surface area (Å²) in [5.74, 6) is -1.02. The van der Waals surface area contributed by atoms with Gasteiger partial charge in [-0.2, -0.15) is 0 Å². The van der Waals surface area contributed by atoms with E-state index in [1.807, 2.05) is 0 Å². The second-order valence-corrected chi connectivity index (χ2v) is 6.25. The van der Waals surface area contributed by atoms with Crippen molar-refractivity contribution in [2.75, 3.05) is 6.54 Å². The Bertz CT molecular complexity index is 492. The zero-order valence-electron chi connectivity index (χ0n) is 11.2. The Labute approximate surface area is 126 Å². The molecule has 0 spiro atoms. The van der Waals surface area contributed by atoms with E-state index in [4.69, 9.17) is 0 Å². The van der Waals surface area contributed by atoms with Crippen LogP contribution in [0.25, 0.3) is 0 Å². The number of hydrogen-bond donors (Lipinski definition) is 2. The average molecular weight is 340 g/mol. The van der Waals surface area contributed by atoms with Crippen molar-refractivity contribution < 1.29 is 14.7 Å². The van der Waals surface area contributed by atoms with Crippen LogP contribution in [0.1, 0.15) is 42.5 Å². The van der Waals surface area contributed by atoms with Crippen molar-refractivity contribution in [3.8, 4) is 0 Å². The number of carboxylic acid groups (broad SMARTS) is 1. The second-order valence-electron chi connectivity index (χ2n) is 5.34. The summed E-state index contributed by atoms with van der Waals surface area (Å²) in [6, 6.07) is 7.02. The van der Waals surface area contributed by atoms with Crippen molar-refractivity contribution in [3.63, 3.8) is 0 Å². The highest BCUT2D eigenvalue weighted by molar-refractivity contribution is 9.10. The summed E-state index contributed by atoms with van der Waals surface area (Å²) in [6.45, 7) is 0.206. The number of aliphatic carboxylic acids is 1. The van der Waals surface area contributed by atoms with Crippen LogP contribution in [0.5, 0.6) is 0 Å². The molecule has 1 saturated carbocycles. The van der Waals surface area contributed by atoms with Crippen LogP contribution < -0.4 is 5.32 Å². The minimum Gasteiger partial charge on any atom is -0.481 e.